The van der Waals surface area contributed by atoms with Crippen molar-refractivity contribution in [2.24, 2.45) is 11.8 Å². The predicted octanol–water partition coefficient (Wildman–Crippen LogP) is 3.58. The predicted molar refractivity (Wildman–Crippen MR) is 69.5 cm³/mol. The van der Waals surface area contributed by atoms with Gasteiger partial charge in [-0.1, -0.05) is 50.1 Å². The van der Waals surface area contributed by atoms with E-state index in [0.717, 1.165) is 18.8 Å². The summed E-state index contributed by atoms with van der Waals surface area (Å²) in [5, 5.41) is 9.37. The molecule has 0 amide bonds. The summed E-state index contributed by atoms with van der Waals surface area (Å²) < 4.78 is 0. The van der Waals surface area contributed by atoms with Crippen molar-refractivity contribution in [1.82, 2.24) is 0 Å². The molecule has 1 aromatic rings. The Morgan fingerprint density at radius 3 is 2.50 bits per heavy atom. The SMILES string of the molecule is Cc1cccc(CC(CO)CCC(C)C)c1. The Morgan fingerprint density at radius 1 is 1.19 bits per heavy atom. The Bertz CT molecular complexity index is 304. The van der Waals surface area contributed by atoms with E-state index in [2.05, 4.69) is 45.0 Å². The first-order valence-electron chi connectivity index (χ1n) is 6.28. The van der Waals surface area contributed by atoms with Crippen LogP contribution in [0.15, 0.2) is 24.3 Å². The zero-order chi connectivity index (χ0) is 12.0. The van der Waals surface area contributed by atoms with Gasteiger partial charge < -0.3 is 5.11 Å². The number of hydrogen-bond donors (Lipinski definition) is 1. The van der Waals surface area contributed by atoms with Crippen molar-refractivity contribution in [1.29, 1.82) is 0 Å². The molecule has 0 aromatic heterocycles. The highest BCUT2D eigenvalue weighted by molar-refractivity contribution is 5.22. The van der Waals surface area contributed by atoms with Gasteiger partial charge in [-0.3, -0.25) is 0 Å². The van der Waals surface area contributed by atoms with E-state index in [1.165, 1.54) is 17.5 Å². The van der Waals surface area contributed by atoms with Crippen LogP contribution < -0.4 is 0 Å². The van der Waals surface area contributed by atoms with Crippen LogP contribution in [0.1, 0.15) is 37.8 Å². The lowest BCUT2D eigenvalue weighted by Crippen LogP contribution is -2.10. The van der Waals surface area contributed by atoms with Crippen molar-refractivity contribution >= 4 is 0 Å². The normalized spacial score (nSPS) is 13.1. The second kappa shape index (κ2) is 6.70. The lowest BCUT2D eigenvalue weighted by molar-refractivity contribution is 0.211. The molecule has 0 bridgehead atoms. The molecule has 1 heteroatoms. The van der Waals surface area contributed by atoms with Crippen LogP contribution in [0.3, 0.4) is 0 Å². The standard InChI is InChI=1S/C15H24O/c1-12(2)7-8-15(11-16)10-14-6-4-5-13(3)9-14/h4-6,9,12,15-16H,7-8,10-11H2,1-3H3. The van der Waals surface area contributed by atoms with E-state index in [1.54, 1.807) is 0 Å². The van der Waals surface area contributed by atoms with Crippen LogP contribution in [0, 0.1) is 18.8 Å². The fourth-order valence-electron chi connectivity index (χ4n) is 2.00. The second-order valence-electron chi connectivity index (χ2n) is 5.21. The minimum absolute atomic E-state index is 0.306. The second-order valence-corrected chi connectivity index (χ2v) is 5.21. The Morgan fingerprint density at radius 2 is 1.94 bits per heavy atom. The number of aliphatic hydroxyl groups excluding tert-OH is 1. The van der Waals surface area contributed by atoms with Gasteiger partial charge in [-0.2, -0.15) is 0 Å². The van der Waals surface area contributed by atoms with Crippen molar-refractivity contribution in [3.63, 3.8) is 0 Å². The molecule has 0 spiro atoms. The zero-order valence-corrected chi connectivity index (χ0v) is 10.7. The summed E-state index contributed by atoms with van der Waals surface area (Å²) in [6.45, 7) is 6.90. The molecular weight excluding hydrogens is 196 g/mol. The molecule has 1 unspecified atom stereocenters. The minimum atomic E-state index is 0.306. The van der Waals surface area contributed by atoms with Crippen molar-refractivity contribution in [2.75, 3.05) is 6.61 Å². The van der Waals surface area contributed by atoms with Gasteiger partial charge in [0.2, 0.25) is 0 Å². The van der Waals surface area contributed by atoms with E-state index in [4.69, 9.17) is 0 Å². The molecule has 1 nitrogen and oxygen atoms in total. The molecule has 0 radical (unpaired) electrons. The number of benzene rings is 1. The molecule has 0 aliphatic carbocycles. The van der Waals surface area contributed by atoms with Crippen molar-refractivity contribution in [3.8, 4) is 0 Å². The lowest BCUT2D eigenvalue weighted by Gasteiger charge is -2.15. The van der Waals surface area contributed by atoms with Crippen LogP contribution in [-0.4, -0.2) is 11.7 Å². The maximum Gasteiger partial charge on any atom is 0.0462 e. The zero-order valence-electron chi connectivity index (χ0n) is 10.7. The molecule has 0 heterocycles. The van der Waals surface area contributed by atoms with Crippen LogP contribution in [0.2, 0.25) is 0 Å². The van der Waals surface area contributed by atoms with Gasteiger partial charge >= 0.3 is 0 Å². The molecule has 0 aliphatic heterocycles. The summed E-state index contributed by atoms with van der Waals surface area (Å²) in [6, 6.07) is 8.59. The maximum absolute atomic E-state index is 9.37. The summed E-state index contributed by atoms with van der Waals surface area (Å²) in [4.78, 5) is 0. The number of aryl methyl sites for hydroxylation is 1. The summed E-state index contributed by atoms with van der Waals surface area (Å²) in [5.41, 5.74) is 2.65. The van der Waals surface area contributed by atoms with E-state index >= 15 is 0 Å². The van der Waals surface area contributed by atoms with E-state index in [1.807, 2.05) is 0 Å². The van der Waals surface area contributed by atoms with Crippen LogP contribution in [0.25, 0.3) is 0 Å². The van der Waals surface area contributed by atoms with Gasteiger partial charge in [-0.25, -0.2) is 0 Å². The highest BCUT2D eigenvalue weighted by atomic mass is 16.3. The topological polar surface area (TPSA) is 20.2 Å². The summed E-state index contributed by atoms with van der Waals surface area (Å²) in [7, 11) is 0. The van der Waals surface area contributed by atoms with Gasteiger partial charge in [0, 0.05) is 6.61 Å². The summed E-state index contributed by atoms with van der Waals surface area (Å²) in [5.74, 6) is 1.15. The molecule has 0 fully saturated rings. The van der Waals surface area contributed by atoms with Gasteiger partial charge in [-0.15, -0.1) is 0 Å². The highest BCUT2D eigenvalue weighted by Gasteiger charge is 2.09. The monoisotopic (exact) mass is 220 g/mol. The van der Waals surface area contributed by atoms with Gasteiger partial charge in [0.1, 0.15) is 0 Å². The lowest BCUT2D eigenvalue weighted by atomic mass is 9.92. The molecule has 1 rings (SSSR count). The van der Waals surface area contributed by atoms with Crippen LogP contribution >= 0.6 is 0 Å². The molecule has 1 N–H and O–H groups in total. The van der Waals surface area contributed by atoms with Gasteiger partial charge in [0.15, 0.2) is 0 Å². The average Bonchev–Trinajstić information content (AvgIpc) is 2.24. The number of rotatable bonds is 6. The highest BCUT2D eigenvalue weighted by Crippen LogP contribution is 2.17. The van der Waals surface area contributed by atoms with Crippen LogP contribution in [0.4, 0.5) is 0 Å². The van der Waals surface area contributed by atoms with E-state index in [-0.39, 0.29) is 0 Å². The molecular formula is C15H24O. The molecule has 90 valence electrons. The van der Waals surface area contributed by atoms with Crippen molar-refractivity contribution in [2.45, 2.75) is 40.0 Å². The minimum Gasteiger partial charge on any atom is -0.396 e. The number of aliphatic hydroxyl groups is 1. The third-order valence-electron chi connectivity index (χ3n) is 3.02. The van der Waals surface area contributed by atoms with E-state index < -0.39 is 0 Å². The molecule has 16 heavy (non-hydrogen) atoms. The Kier molecular flexibility index (Phi) is 5.54. The third kappa shape index (κ3) is 4.80. The first-order chi connectivity index (χ1) is 7.61. The Balaban J connectivity index is 2.49. The first kappa shape index (κ1) is 13.2. The van der Waals surface area contributed by atoms with Crippen molar-refractivity contribution < 1.29 is 5.11 Å². The maximum atomic E-state index is 9.37. The van der Waals surface area contributed by atoms with E-state index in [0.29, 0.717) is 12.5 Å². The largest absolute Gasteiger partial charge is 0.396 e. The molecule has 0 aliphatic rings. The number of hydrogen-bond acceptors (Lipinski definition) is 1. The molecule has 1 aromatic carbocycles. The Labute approximate surface area is 99.5 Å². The summed E-state index contributed by atoms with van der Waals surface area (Å²) >= 11 is 0. The van der Waals surface area contributed by atoms with Crippen molar-refractivity contribution in [3.05, 3.63) is 35.4 Å². The molecule has 0 saturated carbocycles. The Hall–Kier alpha value is -0.820. The van der Waals surface area contributed by atoms with Gasteiger partial charge in [0.05, 0.1) is 0 Å². The quantitative estimate of drug-likeness (QED) is 0.777. The third-order valence-corrected chi connectivity index (χ3v) is 3.02. The first-order valence-corrected chi connectivity index (χ1v) is 6.28. The summed E-state index contributed by atoms with van der Waals surface area (Å²) in [6.07, 6.45) is 3.34. The van der Waals surface area contributed by atoms with E-state index in [9.17, 15) is 5.11 Å². The van der Waals surface area contributed by atoms with Gasteiger partial charge in [-0.05, 0) is 37.2 Å². The molecule has 0 saturated heterocycles. The molecule has 1 atom stereocenters. The van der Waals surface area contributed by atoms with Crippen LogP contribution in [-0.2, 0) is 6.42 Å². The fraction of sp³-hybridized carbons (Fsp3) is 0.600. The smallest absolute Gasteiger partial charge is 0.0462 e. The average molecular weight is 220 g/mol. The fourth-order valence-corrected chi connectivity index (χ4v) is 2.00. The van der Waals surface area contributed by atoms with Crippen LogP contribution in [0.5, 0.6) is 0 Å². The van der Waals surface area contributed by atoms with Gasteiger partial charge in [0.25, 0.3) is 0 Å².